The predicted molar refractivity (Wildman–Crippen MR) is 76.7 cm³/mol. The Labute approximate surface area is 124 Å². The Balaban J connectivity index is 2.11. The van der Waals surface area contributed by atoms with Crippen molar-refractivity contribution >= 4 is 16.0 Å². The number of carbonyl (C=O) groups is 1. The Morgan fingerprint density at radius 3 is 2.62 bits per heavy atom. The van der Waals surface area contributed by atoms with Crippen LogP contribution in [0.25, 0.3) is 0 Å². The molecule has 0 spiro atoms. The second kappa shape index (κ2) is 6.44. The van der Waals surface area contributed by atoms with Crippen LogP contribution >= 0.6 is 0 Å². The van der Waals surface area contributed by atoms with Crippen molar-refractivity contribution in [3.63, 3.8) is 0 Å². The van der Waals surface area contributed by atoms with Crippen molar-refractivity contribution in [2.45, 2.75) is 24.7 Å². The second-order valence-electron chi connectivity index (χ2n) is 5.26. The lowest BCUT2D eigenvalue weighted by molar-refractivity contribution is -0.139. The summed E-state index contributed by atoms with van der Waals surface area (Å²) in [5.41, 5.74) is 0. The predicted octanol–water partition coefficient (Wildman–Crippen LogP) is 1.57. The van der Waals surface area contributed by atoms with Crippen molar-refractivity contribution < 1.29 is 23.1 Å². The first-order valence-corrected chi connectivity index (χ1v) is 8.28. The molecule has 21 heavy (non-hydrogen) atoms. The highest BCUT2D eigenvalue weighted by molar-refractivity contribution is 7.89. The molecule has 0 radical (unpaired) electrons. The molecule has 116 valence electrons. The molecule has 6 nitrogen and oxygen atoms in total. The second-order valence-corrected chi connectivity index (χ2v) is 7.20. The molecule has 1 aliphatic rings. The maximum absolute atomic E-state index is 12.5. The van der Waals surface area contributed by atoms with E-state index in [0.717, 1.165) is 12.8 Å². The van der Waals surface area contributed by atoms with Gasteiger partial charge in [-0.15, -0.1) is 0 Å². The lowest BCUT2D eigenvalue weighted by atomic mass is 10.0. The SMILES string of the molecule is CC1CCCN(S(=O)(=O)c2ccc(OCC(=O)O)cc2)C1. The first kappa shape index (κ1) is 15.8. The number of carboxylic acids is 1. The number of sulfonamides is 1. The highest BCUT2D eigenvalue weighted by Crippen LogP contribution is 2.24. The molecule has 7 heteroatoms. The van der Waals surface area contributed by atoms with Crippen LogP contribution in [0.3, 0.4) is 0 Å². The van der Waals surface area contributed by atoms with Gasteiger partial charge in [0.15, 0.2) is 6.61 Å². The molecule has 1 heterocycles. The first-order chi connectivity index (χ1) is 9.89. The number of hydrogen-bond donors (Lipinski definition) is 1. The average Bonchev–Trinajstić information content (AvgIpc) is 2.45. The number of ether oxygens (including phenoxy) is 1. The van der Waals surface area contributed by atoms with E-state index in [9.17, 15) is 13.2 Å². The zero-order valence-electron chi connectivity index (χ0n) is 11.9. The van der Waals surface area contributed by atoms with Crippen LogP contribution in [0, 0.1) is 5.92 Å². The van der Waals surface area contributed by atoms with Gasteiger partial charge in [0.2, 0.25) is 10.0 Å². The van der Waals surface area contributed by atoms with Gasteiger partial charge in [0.1, 0.15) is 5.75 Å². The summed E-state index contributed by atoms with van der Waals surface area (Å²) in [6, 6.07) is 5.85. The zero-order chi connectivity index (χ0) is 15.5. The van der Waals surface area contributed by atoms with Crippen molar-refractivity contribution in [2.75, 3.05) is 19.7 Å². The van der Waals surface area contributed by atoms with E-state index in [2.05, 4.69) is 0 Å². The van der Waals surface area contributed by atoms with E-state index in [1.54, 1.807) is 0 Å². The number of aliphatic carboxylic acids is 1. The molecule has 1 N–H and O–H groups in total. The Morgan fingerprint density at radius 1 is 1.38 bits per heavy atom. The Hall–Kier alpha value is -1.60. The maximum Gasteiger partial charge on any atom is 0.341 e. The molecule has 1 unspecified atom stereocenters. The van der Waals surface area contributed by atoms with Gasteiger partial charge in [-0.25, -0.2) is 13.2 Å². The van der Waals surface area contributed by atoms with E-state index in [1.807, 2.05) is 6.92 Å². The van der Waals surface area contributed by atoms with Crippen molar-refractivity contribution in [2.24, 2.45) is 5.92 Å². The van der Waals surface area contributed by atoms with Crippen molar-refractivity contribution in [3.8, 4) is 5.75 Å². The maximum atomic E-state index is 12.5. The fraction of sp³-hybridized carbons (Fsp3) is 0.500. The minimum atomic E-state index is -3.48. The highest BCUT2D eigenvalue weighted by Gasteiger charge is 2.28. The van der Waals surface area contributed by atoms with Gasteiger partial charge in [-0.3, -0.25) is 0 Å². The molecule has 1 aliphatic heterocycles. The van der Waals surface area contributed by atoms with Crippen LogP contribution in [-0.2, 0) is 14.8 Å². The molecule has 1 aromatic carbocycles. The minimum absolute atomic E-state index is 0.208. The molecule has 0 bridgehead atoms. The molecule has 1 atom stereocenters. The number of benzene rings is 1. The van der Waals surface area contributed by atoms with E-state index in [-0.39, 0.29) is 4.90 Å². The van der Waals surface area contributed by atoms with Gasteiger partial charge in [-0.05, 0) is 43.0 Å². The third-order valence-corrected chi connectivity index (χ3v) is 5.32. The quantitative estimate of drug-likeness (QED) is 0.892. The van der Waals surface area contributed by atoms with E-state index in [4.69, 9.17) is 9.84 Å². The standard InChI is InChI=1S/C14H19NO5S/c1-11-3-2-8-15(9-11)21(18,19)13-6-4-12(5-7-13)20-10-14(16)17/h4-7,11H,2-3,8-10H2,1H3,(H,16,17). The molecule has 0 amide bonds. The van der Waals surface area contributed by atoms with Crippen LogP contribution in [0.4, 0.5) is 0 Å². The normalized spacial score (nSPS) is 20.1. The number of carboxylic acid groups (broad SMARTS) is 1. The number of rotatable bonds is 5. The molecule has 0 aliphatic carbocycles. The van der Waals surface area contributed by atoms with Gasteiger partial charge in [-0.2, -0.15) is 4.31 Å². The lowest BCUT2D eigenvalue weighted by Gasteiger charge is -2.30. The highest BCUT2D eigenvalue weighted by atomic mass is 32.2. The summed E-state index contributed by atoms with van der Waals surface area (Å²) in [7, 11) is -3.48. The summed E-state index contributed by atoms with van der Waals surface area (Å²) >= 11 is 0. The van der Waals surface area contributed by atoms with Crippen LogP contribution in [0.15, 0.2) is 29.2 Å². The summed E-state index contributed by atoms with van der Waals surface area (Å²) in [4.78, 5) is 10.6. The monoisotopic (exact) mass is 313 g/mol. The van der Waals surface area contributed by atoms with Crippen LogP contribution < -0.4 is 4.74 Å². The van der Waals surface area contributed by atoms with Crippen LogP contribution in [0.1, 0.15) is 19.8 Å². The number of hydrogen-bond acceptors (Lipinski definition) is 4. The zero-order valence-corrected chi connectivity index (χ0v) is 12.7. The molecular weight excluding hydrogens is 294 g/mol. The Kier molecular flexibility index (Phi) is 4.84. The van der Waals surface area contributed by atoms with Gasteiger partial charge < -0.3 is 9.84 Å². The van der Waals surface area contributed by atoms with Gasteiger partial charge in [0.25, 0.3) is 0 Å². The van der Waals surface area contributed by atoms with E-state index >= 15 is 0 Å². The van der Waals surface area contributed by atoms with Gasteiger partial charge >= 0.3 is 5.97 Å². The molecule has 1 saturated heterocycles. The first-order valence-electron chi connectivity index (χ1n) is 6.84. The minimum Gasteiger partial charge on any atom is -0.482 e. The number of piperidine rings is 1. The Bertz CT molecular complexity index is 596. The molecule has 0 aromatic heterocycles. The smallest absolute Gasteiger partial charge is 0.341 e. The third-order valence-electron chi connectivity index (χ3n) is 3.44. The number of nitrogens with zero attached hydrogens (tertiary/aromatic N) is 1. The van der Waals surface area contributed by atoms with Crippen LogP contribution in [-0.4, -0.2) is 43.5 Å². The summed E-state index contributed by atoms with van der Waals surface area (Å²) in [5.74, 6) is -0.371. The Morgan fingerprint density at radius 2 is 2.05 bits per heavy atom. The van der Waals surface area contributed by atoms with Gasteiger partial charge in [0.05, 0.1) is 4.90 Å². The fourth-order valence-electron chi connectivity index (χ4n) is 2.37. The third kappa shape index (κ3) is 3.95. The molecule has 1 aromatic rings. The summed E-state index contributed by atoms with van der Waals surface area (Å²) < 4.78 is 31.5. The van der Waals surface area contributed by atoms with Crippen LogP contribution in [0.5, 0.6) is 5.75 Å². The van der Waals surface area contributed by atoms with Gasteiger partial charge in [-0.1, -0.05) is 6.92 Å². The largest absolute Gasteiger partial charge is 0.482 e. The van der Waals surface area contributed by atoms with E-state index in [0.29, 0.717) is 24.8 Å². The van der Waals surface area contributed by atoms with E-state index < -0.39 is 22.6 Å². The van der Waals surface area contributed by atoms with Gasteiger partial charge in [0, 0.05) is 13.1 Å². The van der Waals surface area contributed by atoms with Crippen molar-refractivity contribution in [1.82, 2.24) is 4.31 Å². The molecule has 2 rings (SSSR count). The topological polar surface area (TPSA) is 83.9 Å². The van der Waals surface area contributed by atoms with Crippen molar-refractivity contribution in [3.05, 3.63) is 24.3 Å². The summed E-state index contributed by atoms with van der Waals surface area (Å²) in [6.07, 6.45) is 1.92. The molecular formula is C14H19NO5S. The summed E-state index contributed by atoms with van der Waals surface area (Å²) in [6.45, 7) is 2.68. The van der Waals surface area contributed by atoms with E-state index in [1.165, 1.54) is 28.6 Å². The molecule has 0 saturated carbocycles. The fourth-order valence-corrected chi connectivity index (χ4v) is 3.96. The lowest BCUT2D eigenvalue weighted by Crippen LogP contribution is -2.39. The van der Waals surface area contributed by atoms with Crippen LogP contribution in [0.2, 0.25) is 0 Å². The van der Waals surface area contributed by atoms with Crippen molar-refractivity contribution in [1.29, 1.82) is 0 Å². The molecule has 1 fully saturated rings. The summed E-state index contributed by atoms with van der Waals surface area (Å²) in [5, 5.41) is 8.53. The average molecular weight is 313 g/mol.